The maximum atomic E-state index is 14.8. The third-order valence-corrected chi connectivity index (χ3v) is 6.99. The fourth-order valence-electron chi connectivity index (χ4n) is 4.68. The van der Waals surface area contributed by atoms with Crippen LogP contribution in [0.2, 0.25) is 0 Å². The van der Waals surface area contributed by atoms with Crippen molar-refractivity contribution in [1.82, 2.24) is 0 Å². The second-order valence-electron chi connectivity index (χ2n) is 11.3. The first-order valence-electron chi connectivity index (χ1n) is 14.3. The van der Waals surface area contributed by atoms with Crippen molar-refractivity contribution in [1.29, 1.82) is 0 Å². The van der Waals surface area contributed by atoms with E-state index >= 15 is 0 Å². The Morgan fingerprint density at radius 3 is 1.83 bits per heavy atom. The van der Waals surface area contributed by atoms with Crippen molar-refractivity contribution >= 4 is 23.4 Å². The summed E-state index contributed by atoms with van der Waals surface area (Å²) in [4.78, 5) is 12.7. The Bertz CT molecular complexity index is 1630. The van der Waals surface area contributed by atoms with E-state index in [1.807, 2.05) is 31.2 Å². The van der Waals surface area contributed by atoms with E-state index in [9.17, 15) is 31.1 Å². The molecule has 4 aromatic rings. The van der Waals surface area contributed by atoms with Gasteiger partial charge in [-0.25, -0.2) is 9.18 Å². The molecule has 0 saturated carbocycles. The number of halogens is 6. The second kappa shape index (κ2) is 14.5. The van der Waals surface area contributed by atoms with E-state index in [2.05, 4.69) is 9.47 Å². The van der Waals surface area contributed by atoms with Crippen LogP contribution in [0.4, 0.5) is 37.7 Å². The van der Waals surface area contributed by atoms with Crippen LogP contribution in [0, 0.1) is 11.2 Å². The lowest BCUT2D eigenvalue weighted by atomic mass is 9.79. The van der Waals surface area contributed by atoms with Crippen molar-refractivity contribution in [3.05, 3.63) is 125 Å². The molecule has 0 saturated heterocycles. The minimum Gasteiger partial charge on any atom is -0.484 e. The molecule has 0 amide bonds. The fraction of sp³-hybridized carbons (Fsp3) is 0.229. The predicted octanol–water partition coefficient (Wildman–Crippen LogP) is 8.11. The number of ether oxygens (including phenoxy) is 3. The minimum atomic E-state index is -4.65. The second-order valence-corrected chi connectivity index (χ2v) is 11.3. The van der Waals surface area contributed by atoms with Gasteiger partial charge in [0, 0.05) is 28.9 Å². The molecule has 0 aliphatic rings. The van der Waals surface area contributed by atoms with Gasteiger partial charge in [-0.15, -0.1) is 0 Å². The zero-order valence-corrected chi connectivity index (χ0v) is 25.2. The lowest BCUT2D eigenvalue weighted by Crippen LogP contribution is -2.30. The molecule has 0 spiro atoms. The number of nitrogen functional groups attached to an aromatic ring is 2. The summed E-state index contributed by atoms with van der Waals surface area (Å²) >= 11 is 0. The number of carbonyl (C=O) groups is 1. The number of esters is 1. The molecule has 12 heteroatoms. The van der Waals surface area contributed by atoms with Crippen molar-refractivity contribution in [2.24, 2.45) is 5.41 Å². The van der Waals surface area contributed by atoms with E-state index in [0.29, 0.717) is 35.8 Å². The van der Waals surface area contributed by atoms with Crippen LogP contribution in [0.25, 0.3) is 6.08 Å². The Kier molecular flexibility index (Phi) is 10.7. The highest BCUT2D eigenvalue weighted by atomic mass is 19.4. The summed E-state index contributed by atoms with van der Waals surface area (Å²) in [5, 5.41) is 0. The van der Waals surface area contributed by atoms with Gasteiger partial charge >= 0.3 is 18.3 Å². The van der Waals surface area contributed by atoms with E-state index in [1.54, 1.807) is 24.3 Å². The zero-order valence-electron chi connectivity index (χ0n) is 25.2. The van der Waals surface area contributed by atoms with Crippen LogP contribution in [-0.4, -0.2) is 25.4 Å². The van der Waals surface area contributed by atoms with Crippen molar-refractivity contribution in [2.45, 2.75) is 32.1 Å². The standard InChI is InChI=1S/C35H32F6N2O4/c1-33(19-24-4-11-27(42)12-5-24,20-25-6-13-28(43)14-7-25)21-46-32(44)17-8-23-2-9-26(10-3-23)35(40,41)47-31-16-15-29(18-30(31)36)45-22-34(37,38)39/h2-18H,19-22,42-43H2,1H3/b17-8+. The molecule has 0 atom stereocenters. The third-order valence-electron chi connectivity index (χ3n) is 6.99. The monoisotopic (exact) mass is 658 g/mol. The van der Waals surface area contributed by atoms with Crippen LogP contribution in [-0.2, 0) is 28.5 Å². The SMILES string of the molecule is CC(COC(=O)/C=C/c1ccc(C(F)(F)Oc2ccc(OCC(F)(F)F)cc2F)cc1)(Cc1ccc(N)cc1)Cc1ccc(N)cc1. The molecule has 4 rings (SSSR count). The Balaban J connectivity index is 1.37. The largest absolute Gasteiger partial charge is 0.484 e. The normalized spacial score (nSPS) is 12.2. The summed E-state index contributed by atoms with van der Waals surface area (Å²) in [5.74, 6) is -3.36. The number of anilines is 2. The number of benzene rings is 4. The maximum absolute atomic E-state index is 14.8. The molecule has 4 aromatic carbocycles. The van der Waals surface area contributed by atoms with Gasteiger partial charge in [-0.05, 0) is 84.1 Å². The number of hydrogen-bond acceptors (Lipinski definition) is 6. The van der Waals surface area contributed by atoms with Gasteiger partial charge in [-0.1, -0.05) is 43.3 Å². The zero-order chi connectivity index (χ0) is 34.2. The Morgan fingerprint density at radius 1 is 0.766 bits per heavy atom. The van der Waals surface area contributed by atoms with Crippen molar-refractivity contribution in [3.8, 4) is 11.5 Å². The maximum Gasteiger partial charge on any atom is 0.426 e. The summed E-state index contributed by atoms with van der Waals surface area (Å²) in [5.41, 5.74) is 14.2. The molecule has 0 unspecified atom stereocenters. The highest BCUT2D eigenvalue weighted by Gasteiger charge is 2.36. The van der Waals surface area contributed by atoms with E-state index in [4.69, 9.17) is 16.2 Å². The highest BCUT2D eigenvalue weighted by molar-refractivity contribution is 5.87. The molecule has 0 aromatic heterocycles. The molecule has 0 aliphatic heterocycles. The van der Waals surface area contributed by atoms with Crippen molar-refractivity contribution in [3.63, 3.8) is 0 Å². The molecule has 248 valence electrons. The van der Waals surface area contributed by atoms with Crippen LogP contribution in [0.5, 0.6) is 11.5 Å². The first-order valence-corrected chi connectivity index (χ1v) is 14.3. The quantitative estimate of drug-likeness (QED) is 0.0652. The lowest BCUT2D eigenvalue weighted by molar-refractivity contribution is -0.187. The molecule has 0 radical (unpaired) electrons. The van der Waals surface area contributed by atoms with Gasteiger partial charge in [0.1, 0.15) is 5.75 Å². The molecule has 47 heavy (non-hydrogen) atoms. The number of rotatable bonds is 13. The molecule has 0 heterocycles. The number of hydrogen-bond donors (Lipinski definition) is 2. The summed E-state index contributed by atoms with van der Waals surface area (Å²) in [6, 6.07) is 21.7. The predicted molar refractivity (Wildman–Crippen MR) is 166 cm³/mol. The summed E-state index contributed by atoms with van der Waals surface area (Å²) in [7, 11) is 0. The van der Waals surface area contributed by atoms with E-state index < -0.39 is 53.2 Å². The number of alkyl halides is 5. The van der Waals surface area contributed by atoms with Crippen LogP contribution in [0.1, 0.15) is 29.2 Å². The third kappa shape index (κ3) is 10.7. The minimum absolute atomic E-state index is 0.0828. The lowest BCUT2D eigenvalue weighted by Gasteiger charge is -2.29. The van der Waals surface area contributed by atoms with Gasteiger partial charge in [0.05, 0.1) is 12.2 Å². The van der Waals surface area contributed by atoms with Gasteiger partial charge in [0.25, 0.3) is 0 Å². The molecular weight excluding hydrogens is 626 g/mol. The van der Waals surface area contributed by atoms with Gasteiger partial charge in [0.2, 0.25) is 0 Å². The van der Waals surface area contributed by atoms with Gasteiger partial charge in [0.15, 0.2) is 18.2 Å². The Hall–Kier alpha value is -5.13. The highest BCUT2D eigenvalue weighted by Crippen LogP contribution is 2.35. The number of nitrogens with two attached hydrogens (primary N) is 2. The number of carbonyl (C=O) groups excluding carboxylic acids is 1. The van der Waals surface area contributed by atoms with E-state index in [0.717, 1.165) is 35.4 Å². The smallest absolute Gasteiger partial charge is 0.426 e. The molecule has 6 nitrogen and oxygen atoms in total. The van der Waals surface area contributed by atoms with Crippen molar-refractivity contribution < 1.29 is 45.3 Å². The van der Waals surface area contributed by atoms with E-state index in [1.165, 1.54) is 24.3 Å². The Morgan fingerprint density at radius 2 is 1.32 bits per heavy atom. The molecular formula is C35H32F6N2O4. The van der Waals surface area contributed by atoms with Gasteiger partial charge < -0.3 is 25.7 Å². The summed E-state index contributed by atoms with van der Waals surface area (Å²) < 4.78 is 95.2. The van der Waals surface area contributed by atoms with Crippen LogP contribution < -0.4 is 20.9 Å². The van der Waals surface area contributed by atoms with Crippen LogP contribution in [0.3, 0.4) is 0 Å². The van der Waals surface area contributed by atoms with Crippen molar-refractivity contribution in [2.75, 3.05) is 24.7 Å². The average molecular weight is 659 g/mol. The molecule has 0 bridgehead atoms. The first kappa shape index (κ1) is 34.7. The molecule has 0 aliphatic carbocycles. The summed E-state index contributed by atoms with van der Waals surface area (Å²) in [6.45, 7) is 0.411. The van der Waals surface area contributed by atoms with Crippen LogP contribution >= 0.6 is 0 Å². The Labute approximate surface area is 267 Å². The fourth-order valence-corrected chi connectivity index (χ4v) is 4.68. The summed E-state index contributed by atoms with van der Waals surface area (Å²) in [6.07, 6.45) is -4.90. The first-order chi connectivity index (χ1) is 22.1. The van der Waals surface area contributed by atoms with Crippen LogP contribution in [0.15, 0.2) is 97.1 Å². The average Bonchev–Trinajstić information content (AvgIpc) is 3.01. The molecule has 0 fully saturated rings. The molecule has 4 N–H and O–H groups in total. The topological polar surface area (TPSA) is 96.8 Å². The van der Waals surface area contributed by atoms with Gasteiger partial charge in [-0.2, -0.15) is 22.0 Å². The van der Waals surface area contributed by atoms with E-state index in [-0.39, 0.29) is 6.61 Å². The van der Waals surface area contributed by atoms with Gasteiger partial charge in [-0.3, -0.25) is 0 Å².